The Morgan fingerprint density at radius 3 is 2.52 bits per heavy atom. The van der Waals surface area contributed by atoms with E-state index in [4.69, 9.17) is 0 Å². The largest absolute Gasteiger partial charge is 0.348 e. The molecule has 0 saturated carbocycles. The second-order valence-electron chi connectivity index (χ2n) is 7.31. The molecule has 2 N–H and O–H groups in total. The van der Waals surface area contributed by atoms with Crippen LogP contribution in [0.4, 0.5) is 0 Å². The minimum atomic E-state index is -3.54. The van der Waals surface area contributed by atoms with Crippen molar-refractivity contribution in [1.82, 2.24) is 14.9 Å². The van der Waals surface area contributed by atoms with Crippen molar-refractivity contribution in [3.63, 3.8) is 0 Å². The van der Waals surface area contributed by atoms with Gasteiger partial charge in [-0.2, -0.15) is 4.31 Å². The second-order valence-corrected chi connectivity index (χ2v) is 9.25. The molecule has 1 aromatic carbocycles. The summed E-state index contributed by atoms with van der Waals surface area (Å²) in [5.41, 5.74) is 0.402. The average Bonchev–Trinajstić information content (AvgIpc) is 2.94. The van der Waals surface area contributed by atoms with Crippen LogP contribution in [-0.4, -0.2) is 50.3 Å². The maximum absolute atomic E-state index is 12.9. The summed E-state index contributed by atoms with van der Waals surface area (Å²) in [7, 11) is -3.54. The first-order chi connectivity index (χ1) is 12.5. The minimum absolute atomic E-state index is 0. The highest BCUT2D eigenvalue weighted by Gasteiger charge is 2.27. The lowest BCUT2D eigenvalue weighted by Crippen LogP contribution is -2.51. The minimum Gasteiger partial charge on any atom is -0.348 e. The van der Waals surface area contributed by atoms with Gasteiger partial charge >= 0.3 is 0 Å². The molecule has 3 rings (SSSR count). The van der Waals surface area contributed by atoms with Crippen molar-refractivity contribution in [1.29, 1.82) is 0 Å². The molecule has 0 bridgehead atoms. The van der Waals surface area contributed by atoms with Gasteiger partial charge in [-0.05, 0) is 57.4 Å². The van der Waals surface area contributed by atoms with E-state index in [9.17, 15) is 13.2 Å². The molecule has 6 nitrogen and oxygen atoms in total. The van der Waals surface area contributed by atoms with Crippen LogP contribution in [0.1, 0.15) is 55.8 Å². The van der Waals surface area contributed by atoms with Gasteiger partial charge in [0.2, 0.25) is 10.0 Å². The number of benzene rings is 1. The summed E-state index contributed by atoms with van der Waals surface area (Å²) in [6, 6.07) is 6.72. The summed E-state index contributed by atoms with van der Waals surface area (Å²) < 4.78 is 27.4. The number of nitrogens with one attached hydrogen (secondary N) is 2. The molecular formula is C19H30ClN3O3S. The predicted molar refractivity (Wildman–Crippen MR) is 109 cm³/mol. The van der Waals surface area contributed by atoms with Crippen LogP contribution in [-0.2, 0) is 10.0 Å². The molecule has 0 radical (unpaired) electrons. The smallest absolute Gasteiger partial charge is 0.251 e. The first kappa shape index (κ1) is 22.1. The Balaban J connectivity index is 0.00000261. The van der Waals surface area contributed by atoms with E-state index in [0.29, 0.717) is 18.7 Å². The quantitative estimate of drug-likeness (QED) is 0.792. The third kappa shape index (κ3) is 5.44. The predicted octanol–water partition coefficient (Wildman–Crippen LogP) is 2.54. The number of sulfonamides is 1. The van der Waals surface area contributed by atoms with Crippen LogP contribution in [0.5, 0.6) is 0 Å². The maximum Gasteiger partial charge on any atom is 0.251 e. The molecule has 0 aliphatic carbocycles. The zero-order valence-electron chi connectivity index (χ0n) is 15.8. The standard InChI is InChI=1S/C19H29N3O3S.ClH/c1-15-18(10-7-11-20-15)21-19(23)16-8-6-9-17(14-16)26(24,25)22-12-4-2-3-5-13-22;/h6,8-9,14-15,18,20H,2-5,7,10-13H2,1H3,(H,21,23);1H. The first-order valence-corrected chi connectivity index (χ1v) is 11.1. The molecule has 2 unspecified atom stereocenters. The van der Waals surface area contributed by atoms with Gasteiger partial charge in [-0.3, -0.25) is 4.79 Å². The van der Waals surface area contributed by atoms with E-state index < -0.39 is 10.0 Å². The highest BCUT2D eigenvalue weighted by molar-refractivity contribution is 7.89. The van der Waals surface area contributed by atoms with E-state index in [2.05, 4.69) is 17.6 Å². The number of carbonyl (C=O) groups excluding carboxylic acids is 1. The topological polar surface area (TPSA) is 78.5 Å². The lowest BCUT2D eigenvalue weighted by Gasteiger charge is -2.30. The van der Waals surface area contributed by atoms with E-state index in [1.807, 2.05) is 0 Å². The van der Waals surface area contributed by atoms with Gasteiger partial charge < -0.3 is 10.6 Å². The van der Waals surface area contributed by atoms with Gasteiger partial charge in [-0.1, -0.05) is 18.9 Å². The second kappa shape index (κ2) is 9.87. The van der Waals surface area contributed by atoms with Crippen molar-refractivity contribution < 1.29 is 13.2 Å². The normalized spacial score (nSPS) is 24.5. The Morgan fingerprint density at radius 1 is 1.15 bits per heavy atom. The molecule has 1 amide bonds. The summed E-state index contributed by atoms with van der Waals surface area (Å²) >= 11 is 0. The van der Waals surface area contributed by atoms with Crippen molar-refractivity contribution in [2.45, 2.75) is 62.4 Å². The lowest BCUT2D eigenvalue weighted by atomic mass is 9.99. The number of nitrogens with zero attached hydrogens (tertiary/aromatic N) is 1. The third-order valence-electron chi connectivity index (χ3n) is 5.38. The summed E-state index contributed by atoms with van der Waals surface area (Å²) in [6.45, 7) is 4.15. The van der Waals surface area contributed by atoms with Gasteiger partial charge in [0, 0.05) is 30.7 Å². The summed E-state index contributed by atoms with van der Waals surface area (Å²) in [5.74, 6) is -0.210. The van der Waals surface area contributed by atoms with Crippen molar-refractivity contribution in [2.75, 3.05) is 19.6 Å². The average molecular weight is 416 g/mol. The van der Waals surface area contributed by atoms with E-state index >= 15 is 0 Å². The fourth-order valence-electron chi connectivity index (χ4n) is 3.72. The Kier molecular flexibility index (Phi) is 8.09. The van der Waals surface area contributed by atoms with E-state index in [1.165, 1.54) is 6.07 Å². The molecule has 2 atom stereocenters. The van der Waals surface area contributed by atoms with Gasteiger partial charge in [0.15, 0.2) is 0 Å². The van der Waals surface area contributed by atoms with Crippen molar-refractivity contribution in [3.8, 4) is 0 Å². The number of carbonyl (C=O) groups is 1. The molecule has 27 heavy (non-hydrogen) atoms. The first-order valence-electron chi connectivity index (χ1n) is 9.63. The SMILES string of the molecule is CC1NCCCC1NC(=O)c1cccc(S(=O)(=O)N2CCCCCC2)c1.Cl. The van der Waals surface area contributed by atoms with Crippen LogP contribution in [0.25, 0.3) is 0 Å². The van der Waals surface area contributed by atoms with Gasteiger partial charge in [0.05, 0.1) is 4.90 Å². The Bertz CT molecular complexity index is 733. The molecule has 2 saturated heterocycles. The molecule has 1 aromatic rings. The Hall–Kier alpha value is -1.15. The summed E-state index contributed by atoms with van der Waals surface area (Å²) in [5, 5.41) is 6.40. The highest BCUT2D eigenvalue weighted by Crippen LogP contribution is 2.21. The molecule has 2 aliphatic rings. The van der Waals surface area contributed by atoms with E-state index in [-0.39, 0.29) is 35.3 Å². The van der Waals surface area contributed by atoms with Crippen LogP contribution in [0.2, 0.25) is 0 Å². The van der Waals surface area contributed by atoms with Crippen LogP contribution >= 0.6 is 12.4 Å². The highest BCUT2D eigenvalue weighted by atomic mass is 35.5. The molecule has 8 heteroatoms. The van der Waals surface area contributed by atoms with E-state index in [0.717, 1.165) is 45.1 Å². The van der Waals surface area contributed by atoms with Crippen LogP contribution in [0.15, 0.2) is 29.2 Å². The van der Waals surface area contributed by atoms with E-state index in [1.54, 1.807) is 22.5 Å². The molecule has 152 valence electrons. The van der Waals surface area contributed by atoms with Crippen LogP contribution < -0.4 is 10.6 Å². The lowest BCUT2D eigenvalue weighted by molar-refractivity contribution is 0.0919. The number of amides is 1. The number of hydrogen-bond acceptors (Lipinski definition) is 4. The van der Waals surface area contributed by atoms with Crippen molar-refractivity contribution in [3.05, 3.63) is 29.8 Å². The van der Waals surface area contributed by atoms with Gasteiger partial charge in [-0.15, -0.1) is 12.4 Å². The molecule has 2 heterocycles. The molecule has 0 spiro atoms. The fourth-order valence-corrected chi connectivity index (χ4v) is 5.29. The zero-order chi connectivity index (χ0) is 18.6. The van der Waals surface area contributed by atoms with Gasteiger partial charge in [-0.25, -0.2) is 8.42 Å². The fraction of sp³-hybridized carbons (Fsp3) is 0.632. The Labute approximate surface area is 168 Å². The number of rotatable bonds is 4. The molecular weight excluding hydrogens is 386 g/mol. The molecule has 2 aliphatic heterocycles. The van der Waals surface area contributed by atoms with Gasteiger partial charge in [0.25, 0.3) is 5.91 Å². The number of halogens is 1. The van der Waals surface area contributed by atoms with Crippen molar-refractivity contribution >= 4 is 28.3 Å². The monoisotopic (exact) mass is 415 g/mol. The molecule has 0 aromatic heterocycles. The van der Waals surface area contributed by atoms with Crippen LogP contribution in [0.3, 0.4) is 0 Å². The number of hydrogen-bond donors (Lipinski definition) is 2. The molecule has 2 fully saturated rings. The number of piperidine rings is 1. The summed E-state index contributed by atoms with van der Waals surface area (Å²) in [4.78, 5) is 12.8. The van der Waals surface area contributed by atoms with Gasteiger partial charge in [0.1, 0.15) is 0 Å². The van der Waals surface area contributed by atoms with Crippen LogP contribution in [0, 0.1) is 0 Å². The van der Waals surface area contributed by atoms with Crippen molar-refractivity contribution in [2.24, 2.45) is 0 Å². The maximum atomic E-state index is 12.9. The summed E-state index contributed by atoms with van der Waals surface area (Å²) in [6.07, 6.45) is 5.90. The zero-order valence-corrected chi connectivity index (χ0v) is 17.4. The Morgan fingerprint density at radius 2 is 1.85 bits per heavy atom. The third-order valence-corrected chi connectivity index (χ3v) is 7.27.